The molecule has 0 atom stereocenters. The molecule has 0 saturated carbocycles. The zero-order valence-electron chi connectivity index (χ0n) is 11.8. The molecule has 0 aliphatic heterocycles. The normalized spacial score (nSPS) is 10.2. The first kappa shape index (κ1) is 14.4. The number of para-hydroxylation sites is 1. The molecule has 20 heavy (non-hydrogen) atoms. The molecule has 0 heterocycles. The summed E-state index contributed by atoms with van der Waals surface area (Å²) in [5.74, 6) is 0.902. The molecule has 106 valence electrons. The maximum atomic E-state index is 5.74. The van der Waals surface area contributed by atoms with Crippen LogP contribution in [-0.2, 0) is 11.3 Å². The summed E-state index contributed by atoms with van der Waals surface area (Å²) in [5.41, 5.74) is 2.28. The van der Waals surface area contributed by atoms with Gasteiger partial charge in [-0.3, -0.25) is 0 Å². The van der Waals surface area contributed by atoms with Crippen LogP contribution in [0.1, 0.15) is 12.0 Å². The Balaban J connectivity index is 1.67. The third-order valence-corrected chi connectivity index (χ3v) is 2.90. The lowest BCUT2D eigenvalue weighted by Gasteiger charge is -2.09. The van der Waals surface area contributed by atoms with Crippen LogP contribution in [0.25, 0.3) is 0 Å². The molecule has 3 heteroatoms. The second-order valence-corrected chi connectivity index (χ2v) is 4.58. The molecule has 0 aliphatic carbocycles. The van der Waals surface area contributed by atoms with Crippen molar-refractivity contribution in [1.29, 1.82) is 0 Å². The first-order valence-corrected chi connectivity index (χ1v) is 6.88. The smallest absolute Gasteiger partial charge is 0.119 e. The SMILES string of the molecule is COCc1cccc(OCCCNc2ccccc2)c1. The van der Waals surface area contributed by atoms with Crippen molar-refractivity contribution in [3.05, 3.63) is 60.2 Å². The maximum absolute atomic E-state index is 5.74. The fourth-order valence-corrected chi connectivity index (χ4v) is 1.94. The van der Waals surface area contributed by atoms with E-state index in [2.05, 4.69) is 17.4 Å². The van der Waals surface area contributed by atoms with Crippen molar-refractivity contribution in [1.82, 2.24) is 0 Å². The number of anilines is 1. The topological polar surface area (TPSA) is 30.5 Å². The van der Waals surface area contributed by atoms with Crippen LogP contribution in [0.3, 0.4) is 0 Å². The zero-order chi connectivity index (χ0) is 14.0. The maximum Gasteiger partial charge on any atom is 0.119 e. The molecular weight excluding hydrogens is 250 g/mol. The third-order valence-electron chi connectivity index (χ3n) is 2.90. The van der Waals surface area contributed by atoms with E-state index in [1.807, 2.05) is 42.5 Å². The van der Waals surface area contributed by atoms with Crippen molar-refractivity contribution in [2.75, 3.05) is 25.6 Å². The van der Waals surface area contributed by atoms with Crippen molar-refractivity contribution >= 4 is 5.69 Å². The minimum Gasteiger partial charge on any atom is -0.494 e. The quantitative estimate of drug-likeness (QED) is 0.742. The standard InChI is InChI=1S/C17H21NO2/c1-19-14-15-7-5-10-17(13-15)20-12-6-11-18-16-8-3-2-4-9-16/h2-5,7-10,13,18H,6,11-12,14H2,1H3. The average Bonchev–Trinajstić information content (AvgIpc) is 2.49. The molecule has 2 aromatic carbocycles. The Morgan fingerprint density at radius 2 is 1.85 bits per heavy atom. The van der Waals surface area contributed by atoms with E-state index in [-0.39, 0.29) is 0 Å². The van der Waals surface area contributed by atoms with Crippen molar-refractivity contribution < 1.29 is 9.47 Å². The van der Waals surface area contributed by atoms with Gasteiger partial charge in [-0.2, -0.15) is 0 Å². The Hall–Kier alpha value is -2.00. The monoisotopic (exact) mass is 271 g/mol. The van der Waals surface area contributed by atoms with Gasteiger partial charge in [0.15, 0.2) is 0 Å². The summed E-state index contributed by atoms with van der Waals surface area (Å²) in [4.78, 5) is 0. The molecule has 0 unspecified atom stereocenters. The van der Waals surface area contributed by atoms with E-state index >= 15 is 0 Å². The summed E-state index contributed by atoms with van der Waals surface area (Å²) < 4.78 is 10.8. The molecular formula is C17H21NO2. The molecule has 0 radical (unpaired) electrons. The van der Waals surface area contributed by atoms with Gasteiger partial charge in [-0.15, -0.1) is 0 Å². The lowest BCUT2D eigenvalue weighted by Crippen LogP contribution is -2.07. The van der Waals surface area contributed by atoms with Gasteiger partial charge in [-0.05, 0) is 36.2 Å². The van der Waals surface area contributed by atoms with E-state index in [4.69, 9.17) is 9.47 Å². The van der Waals surface area contributed by atoms with Crippen LogP contribution in [0.5, 0.6) is 5.75 Å². The molecule has 0 spiro atoms. The van der Waals surface area contributed by atoms with E-state index in [0.717, 1.165) is 30.0 Å². The van der Waals surface area contributed by atoms with E-state index in [1.165, 1.54) is 0 Å². The first-order chi connectivity index (χ1) is 9.88. The van der Waals surface area contributed by atoms with Gasteiger partial charge in [0.25, 0.3) is 0 Å². The molecule has 2 aromatic rings. The van der Waals surface area contributed by atoms with Gasteiger partial charge in [0.2, 0.25) is 0 Å². The largest absolute Gasteiger partial charge is 0.494 e. The summed E-state index contributed by atoms with van der Waals surface area (Å²) in [6.07, 6.45) is 0.962. The number of nitrogens with one attached hydrogen (secondary N) is 1. The van der Waals surface area contributed by atoms with Crippen molar-refractivity contribution in [3.63, 3.8) is 0 Å². The highest BCUT2D eigenvalue weighted by Gasteiger charge is 1.97. The van der Waals surface area contributed by atoms with E-state index in [9.17, 15) is 0 Å². The van der Waals surface area contributed by atoms with Crippen LogP contribution >= 0.6 is 0 Å². The minimum atomic E-state index is 0.618. The fourth-order valence-electron chi connectivity index (χ4n) is 1.94. The third kappa shape index (κ3) is 4.94. The van der Waals surface area contributed by atoms with Gasteiger partial charge in [0.05, 0.1) is 13.2 Å². The van der Waals surface area contributed by atoms with Crippen LogP contribution in [0.2, 0.25) is 0 Å². The summed E-state index contributed by atoms with van der Waals surface area (Å²) >= 11 is 0. The molecule has 0 fully saturated rings. The summed E-state index contributed by atoms with van der Waals surface area (Å²) in [7, 11) is 1.70. The van der Waals surface area contributed by atoms with E-state index in [0.29, 0.717) is 13.2 Å². The first-order valence-electron chi connectivity index (χ1n) is 6.88. The molecule has 0 bridgehead atoms. The fraction of sp³-hybridized carbons (Fsp3) is 0.294. The van der Waals surface area contributed by atoms with Gasteiger partial charge in [-0.1, -0.05) is 30.3 Å². The highest BCUT2D eigenvalue weighted by atomic mass is 16.5. The molecule has 3 nitrogen and oxygen atoms in total. The van der Waals surface area contributed by atoms with Gasteiger partial charge in [0.1, 0.15) is 5.75 Å². The molecule has 0 amide bonds. The Labute approximate surface area is 120 Å². The molecule has 2 rings (SSSR count). The molecule has 0 aromatic heterocycles. The highest BCUT2D eigenvalue weighted by molar-refractivity contribution is 5.42. The zero-order valence-corrected chi connectivity index (χ0v) is 11.8. The van der Waals surface area contributed by atoms with Crippen LogP contribution in [0.15, 0.2) is 54.6 Å². The minimum absolute atomic E-state index is 0.618. The molecule has 0 saturated heterocycles. The number of rotatable bonds is 8. The van der Waals surface area contributed by atoms with E-state index in [1.54, 1.807) is 7.11 Å². The Morgan fingerprint density at radius 3 is 2.65 bits per heavy atom. The Kier molecular flexibility index (Phi) is 5.93. The van der Waals surface area contributed by atoms with Crippen LogP contribution < -0.4 is 10.1 Å². The Bertz CT molecular complexity index is 499. The number of methoxy groups -OCH3 is 1. The van der Waals surface area contributed by atoms with Crippen LogP contribution in [-0.4, -0.2) is 20.3 Å². The predicted octanol–water partition coefficient (Wildman–Crippen LogP) is 3.71. The number of ether oxygens (including phenoxy) is 2. The number of hydrogen-bond donors (Lipinski definition) is 1. The van der Waals surface area contributed by atoms with Gasteiger partial charge < -0.3 is 14.8 Å². The number of hydrogen-bond acceptors (Lipinski definition) is 3. The summed E-state index contributed by atoms with van der Waals surface area (Å²) in [6.45, 7) is 2.23. The predicted molar refractivity (Wildman–Crippen MR) is 82.2 cm³/mol. The summed E-state index contributed by atoms with van der Waals surface area (Å²) in [6, 6.07) is 18.2. The summed E-state index contributed by atoms with van der Waals surface area (Å²) in [5, 5.41) is 3.36. The highest BCUT2D eigenvalue weighted by Crippen LogP contribution is 2.14. The van der Waals surface area contributed by atoms with Gasteiger partial charge in [-0.25, -0.2) is 0 Å². The average molecular weight is 271 g/mol. The molecule has 0 aliphatic rings. The second kappa shape index (κ2) is 8.23. The van der Waals surface area contributed by atoms with Crippen LogP contribution in [0, 0.1) is 0 Å². The molecule has 1 N–H and O–H groups in total. The van der Waals surface area contributed by atoms with Gasteiger partial charge in [0, 0.05) is 19.3 Å². The van der Waals surface area contributed by atoms with Crippen molar-refractivity contribution in [3.8, 4) is 5.75 Å². The van der Waals surface area contributed by atoms with Crippen molar-refractivity contribution in [2.24, 2.45) is 0 Å². The van der Waals surface area contributed by atoms with E-state index < -0.39 is 0 Å². The van der Waals surface area contributed by atoms with Gasteiger partial charge >= 0.3 is 0 Å². The lowest BCUT2D eigenvalue weighted by molar-refractivity contribution is 0.184. The van der Waals surface area contributed by atoms with Crippen LogP contribution in [0.4, 0.5) is 5.69 Å². The second-order valence-electron chi connectivity index (χ2n) is 4.58. The van der Waals surface area contributed by atoms with Crippen molar-refractivity contribution in [2.45, 2.75) is 13.0 Å². The number of benzene rings is 2. The Morgan fingerprint density at radius 1 is 1.00 bits per heavy atom. The lowest BCUT2D eigenvalue weighted by atomic mass is 10.2.